The van der Waals surface area contributed by atoms with E-state index >= 15 is 0 Å². The number of likely N-dealkylation sites (tertiary alicyclic amines) is 1. The molecular weight excluding hydrogens is 340 g/mol. The normalized spacial score (nSPS) is 23.6. The molecule has 23 heavy (non-hydrogen) atoms. The molecule has 0 aliphatic carbocycles. The minimum atomic E-state index is -2.98. The van der Waals surface area contributed by atoms with Gasteiger partial charge in [-0.25, -0.2) is 8.42 Å². The molecule has 0 unspecified atom stereocenters. The first kappa shape index (κ1) is 16.4. The van der Waals surface area contributed by atoms with Crippen LogP contribution in [0.2, 0.25) is 0 Å². The van der Waals surface area contributed by atoms with Gasteiger partial charge in [0.25, 0.3) is 0 Å². The molecule has 0 aromatic carbocycles. The van der Waals surface area contributed by atoms with Gasteiger partial charge in [0.2, 0.25) is 11.8 Å². The Morgan fingerprint density at radius 1 is 1.39 bits per heavy atom. The van der Waals surface area contributed by atoms with Crippen molar-refractivity contribution in [3.63, 3.8) is 0 Å². The second-order valence-corrected chi connectivity index (χ2v) is 9.00. The van der Waals surface area contributed by atoms with Gasteiger partial charge in [-0.15, -0.1) is 10.2 Å². The van der Waals surface area contributed by atoms with Gasteiger partial charge < -0.3 is 4.57 Å². The van der Waals surface area contributed by atoms with E-state index in [4.69, 9.17) is 0 Å². The van der Waals surface area contributed by atoms with Crippen LogP contribution in [0.25, 0.3) is 0 Å². The number of imide groups is 1. The van der Waals surface area contributed by atoms with Crippen LogP contribution in [0.5, 0.6) is 0 Å². The summed E-state index contributed by atoms with van der Waals surface area (Å²) in [6.07, 6.45) is 1.71. The Kier molecular flexibility index (Phi) is 4.45. The van der Waals surface area contributed by atoms with Crippen molar-refractivity contribution in [2.75, 3.05) is 23.8 Å². The van der Waals surface area contributed by atoms with Crippen molar-refractivity contribution in [1.29, 1.82) is 0 Å². The topological polar surface area (TPSA) is 102 Å². The fourth-order valence-corrected chi connectivity index (χ4v) is 5.46. The van der Waals surface area contributed by atoms with Gasteiger partial charge in [0, 0.05) is 25.9 Å². The van der Waals surface area contributed by atoms with Gasteiger partial charge in [-0.05, 0) is 12.8 Å². The number of hydrogen-bond donors (Lipinski definition) is 0. The van der Waals surface area contributed by atoms with E-state index < -0.39 is 9.84 Å². The molecule has 8 nitrogen and oxygen atoms in total. The summed E-state index contributed by atoms with van der Waals surface area (Å²) in [4.78, 5) is 24.9. The maximum absolute atomic E-state index is 12.0. The maximum Gasteiger partial charge on any atom is 0.239 e. The predicted molar refractivity (Wildman–Crippen MR) is 83.7 cm³/mol. The van der Waals surface area contributed by atoms with Gasteiger partial charge in [0.1, 0.15) is 5.82 Å². The molecule has 2 aliphatic heterocycles. The minimum Gasteiger partial charge on any atom is -0.309 e. The molecule has 1 aromatic rings. The molecule has 126 valence electrons. The molecule has 2 amide bonds. The first-order chi connectivity index (χ1) is 10.9. The molecule has 2 saturated heterocycles. The highest BCUT2D eigenvalue weighted by molar-refractivity contribution is 7.99. The first-order valence-corrected chi connectivity index (χ1v) is 10.2. The summed E-state index contributed by atoms with van der Waals surface area (Å²) in [7, 11) is -1.21. The molecular formula is C13H18N4O4S2. The molecule has 0 N–H and O–H groups in total. The Labute approximate surface area is 138 Å². The Bertz CT molecular complexity index is 743. The average Bonchev–Trinajstić information content (AvgIpc) is 3.16. The third-order valence-corrected chi connectivity index (χ3v) is 6.94. The third-order valence-electron chi connectivity index (χ3n) is 4.17. The van der Waals surface area contributed by atoms with Crippen LogP contribution in [0.15, 0.2) is 5.16 Å². The first-order valence-electron chi connectivity index (χ1n) is 7.43. The number of carbonyl (C=O) groups excluding carboxylic acids is 2. The number of aromatic nitrogens is 3. The number of rotatable bonds is 4. The lowest BCUT2D eigenvalue weighted by Gasteiger charge is -2.13. The molecule has 2 fully saturated rings. The third kappa shape index (κ3) is 3.42. The van der Waals surface area contributed by atoms with Crippen LogP contribution in [-0.2, 0) is 26.5 Å². The number of sulfone groups is 1. The Morgan fingerprint density at radius 2 is 2.17 bits per heavy atom. The van der Waals surface area contributed by atoms with Gasteiger partial charge in [0.05, 0.1) is 17.3 Å². The van der Waals surface area contributed by atoms with E-state index in [1.807, 2.05) is 0 Å². The van der Waals surface area contributed by atoms with E-state index in [9.17, 15) is 18.0 Å². The summed E-state index contributed by atoms with van der Waals surface area (Å²) in [5.41, 5.74) is 0. The molecule has 1 aromatic heterocycles. The van der Waals surface area contributed by atoms with E-state index in [1.54, 1.807) is 11.6 Å². The van der Waals surface area contributed by atoms with E-state index in [0.717, 1.165) is 6.42 Å². The summed E-state index contributed by atoms with van der Waals surface area (Å²) in [5, 5.41) is 8.70. The summed E-state index contributed by atoms with van der Waals surface area (Å²) < 4.78 is 24.9. The van der Waals surface area contributed by atoms with Crippen molar-refractivity contribution >= 4 is 33.4 Å². The highest BCUT2D eigenvalue weighted by Crippen LogP contribution is 2.29. The fraction of sp³-hybridized carbons (Fsp3) is 0.692. The highest BCUT2D eigenvalue weighted by Gasteiger charge is 2.33. The number of thioether (sulfide) groups is 1. The van der Waals surface area contributed by atoms with Gasteiger partial charge >= 0.3 is 0 Å². The van der Waals surface area contributed by atoms with Crippen molar-refractivity contribution in [3.8, 4) is 0 Å². The number of amides is 2. The largest absolute Gasteiger partial charge is 0.309 e. The Morgan fingerprint density at radius 3 is 2.78 bits per heavy atom. The molecule has 10 heteroatoms. The second kappa shape index (κ2) is 6.23. The zero-order valence-corrected chi connectivity index (χ0v) is 14.4. The minimum absolute atomic E-state index is 0.102. The molecule has 0 radical (unpaired) electrons. The van der Waals surface area contributed by atoms with Crippen molar-refractivity contribution in [1.82, 2.24) is 19.7 Å². The second-order valence-electron chi connectivity index (χ2n) is 5.83. The SMILES string of the molecule is Cn1c(SCC(=O)N2CCCC2=O)nnc1[C@H]1CCS(=O)(=O)C1. The molecule has 2 aliphatic rings. The molecule has 0 saturated carbocycles. The highest BCUT2D eigenvalue weighted by atomic mass is 32.2. The van der Waals surface area contributed by atoms with Crippen LogP contribution in [0.4, 0.5) is 0 Å². The van der Waals surface area contributed by atoms with Crippen molar-refractivity contribution < 1.29 is 18.0 Å². The predicted octanol–water partition coefficient (Wildman–Crippen LogP) is -0.0417. The van der Waals surface area contributed by atoms with Crippen molar-refractivity contribution in [2.45, 2.75) is 30.3 Å². The van der Waals surface area contributed by atoms with Crippen LogP contribution < -0.4 is 0 Å². The lowest BCUT2D eigenvalue weighted by atomic mass is 10.1. The van der Waals surface area contributed by atoms with Crippen LogP contribution in [-0.4, -0.2) is 63.7 Å². The van der Waals surface area contributed by atoms with Crippen molar-refractivity contribution in [3.05, 3.63) is 5.82 Å². The summed E-state index contributed by atoms with van der Waals surface area (Å²) in [6, 6.07) is 0. The molecule has 3 rings (SSSR count). The van der Waals surface area contributed by atoms with Crippen LogP contribution in [0.1, 0.15) is 31.0 Å². The van der Waals surface area contributed by atoms with Gasteiger partial charge in [-0.1, -0.05) is 11.8 Å². The zero-order chi connectivity index (χ0) is 16.6. The lowest BCUT2D eigenvalue weighted by molar-refractivity contribution is -0.140. The van der Waals surface area contributed by atoms with Crippen LogP contribution in [0.3, 0.4) is 0 Å². The van der Waals surface area contributed by atoms with E-state index in [2.05, 4.69) is 10.2 Å². The zero-order valence-electron chi connectivity index (χ0n) is 12.8. The van der Waals surface area contributed by atoms with Gasteiger partial charge in [-0.3, -0.25) is 14.5 Å². The summed E-state index contributed by atoms with van der Waals surface area (Å²) >= 11 is 1.22. The fourth-order valence-electron chi connectivity index (χ4n) is 2.92. The average molecular weight is 358 g/mol. The molecule has 1 atom stereocenters. The number of hydrogen-bond acceptors (Lipinski definition) is 7. The molecule has 0 spiro atoms. The Hall–Kier alpha value is -1.42. The van der Waals surface area contributed by atoms with E-state index in [-0.39, 0.29) is 35.0 Å². The Balaban J connectivity index is 1.63. The standard InChI is InChI=1S/C13H18N4O4S2/c1-16-12(9-4-6-23(20,21)8-9)14-15-13(16)22-7-11(19)17-5-2-3-10(17)18/h9H,2-8H2,1H3/t9-/m0/s1. The maximum atomic E-state index is 12.0. The lowest BCUT2D eigenvalue weighted by Crippen LogP contribution is -2.33. The quantitative estimate of drug-likeness (QED) is 0.696. The smallest absolute Gasteiger partial charge is 0.239 e. The van der Waals surface area contributed by atoms with E-state index in [1.165, 1.54) is 16.7 Å². The molecule has 3 heterocycles. The molecule has 0 bridgehead atoms. The number of carbonyl (C=O) groups is 2. The number of nitrogens with zero attached hydrogens (tertiary/aromatic N) is 4. The van der Waals surface area contributed by atoms with Crippen LogP contribution in [0, 0.1) is 0 Å². The van der Waals surface area contributed by atoms with Gasteiger partial charge in [0.15, 0.2) is 15.0 Å². The van der Waals surface area contributed by atoms with Crippen LogP contribution >= 0.6 is 11.8 Å². The van der Waals surface area contributed by atoms with E-state index in [0.29, 0.717) is 30.4 Å². The summed E-state index contributed by atoms with van der Waals surface area (Å²) in [5.74, 6) is 0.575. The monoisotopic (exact) mass is 358 g/mol. The summed E-state index contributed by atoms with van der Waals surface area (Å²) in [6.45, 7) is 0.488. The van der Waals surface area contributed by atoms with Gasteiger partial charge in [-0.2, -0.15) is 0 Å². The van der Waals surface area contributed by atoms with Crippen molar-refractivity contribution in [2.24, 2.45) is 7.05 Å².